The van der Waals surface area contributed by atoms with Gasteiger partial charge in [-0.25, -0.2) is 9.97 Å². The van der Waals surface area contributed by atoms with Crippen molar-refractivity contribution in [2.75, 3.05) is 13.1 Å². The van der Waals surface area contributed by atoms with Crippen LogP contribution >= 0.6 is 15.9 Å². The summed E-state index contributed by atoms with van der Waals surface area (Å²) < 4.78 is 8.66. The van der Waals surface area contributed by atoms with Crippen LogP contribution in [0.15, 0.2) is 53.4 Å². The van der Waals surface area contributed by atoms with Gasteiger partial charge in [-0.15, -0.1) is 0 Å². The topological polar surface area (TPSA) is 60.2 Å². The second-order valence-corrected chi connectivity index (χ2v) is 7.32. The summed E-state index contributed by atoms with van der Waals surface area (Å²) in [5.74, 6) is 0.108. The Kier molecular flexibility index (Phi) is 4.88. The minimum Gasteiger partial charge on any atom is -0.458 e. The van der Waals surface area contributed by atoms with E-state index in [0.29, 0.717) is 19.1 Å². The average molecular weight is 415 g/mol. The molecule has 26 heavy (non-hydrogen) atoms. The number of para-hydroxylation sites is 1. The van der Waals surface area contributed by atoms with Gasteiger partial charge in [-0.2, -0.15) is 0 Å². The normalized spacial score (nSPS) is 17.4. The molecule has 1 amide bonds. The van der Waals surface area contributed by atoms with E-state index in [4.69, 9.17) is 4.74 Å². The highest BCUT2D eigenvalue weighted by Gasteiger charge is 2.25. The second-order valence-electron chi connectivity index (χ2n) is 6.41. The number of ether oxygens (including phenoxy) is 1. The molecule has 0 spiro atoms. The van der Waals surface area contributed by atoms with Gasteiger partial charge < -0.3 is 14.2 Å². The molecular weight excluding hydrogens is 396 g/mol. The van der Waals surface area contributed by atoms with Gasteiger partial charge in [0.05, 0.1) is 11.0 Å². The fourth-order valence-corrected chi connectivity index (χ4v) is 3.50. The molecule has 0 unspecified atom stereocenters. The van der Waals surface area contributed by atoms with E-state index in [2.05, 4.69) is 32.0 Å². The van der Waals surface area contributed by atoms with E-state index in [9.17, 15) is 4.79 Å². The number of halogens is 1. The molecule has 3 heterocycles. The first kappa shape index (κ1) is 17.0. The maximum absolute atomic E-state index is 12.8. The number of rotatable bonds is 4. The van der Waals surface area contributed by atoms with E-state index in [-0.39, 0.29) is 12.0 Å². The van der Waals surface area contributed by atoms with Gasteiger partial charge in [-0.3, -0.25) is 4.79 Å². The molecule has 0 radical (unpaired) electrons. The van der Waals surface area contributed by atoms with E-state index in [1.807, 2.05) is 39.9 Å². The smallest absolute Gasteiger partial charge is 0.316 e. The Bertz CT molecular complexity index is 909. The number of benzene rings is 1. The third-order valence-corrected chi connectivity index (χ3v) is 4.99. The third kappa shape index (κ3) is 3.72. The van der Waals surface area contributed by atoms with Crippen LogP contribution < -0.4 is 4.74 Å². The zero-order chi connectivity index (χ0) is 17.9. The van der Waals surface area contributed by atoms with Crippen LogP contribution in [-0.4, -0.2) is 44.5 Å². The summed E-state index contributed by atoms with van der Waals surface area (Å²) in [4.78, 5) is 22.9. The van der Waals surface area contributed by atoms with Crippen molar-refractivity contribution in [3.05, 3.63) is 53.4 Å². The second kappa shape index (κ2) is 7.45. The molecule has 0 aliphatic carbocycles. The predicted molar refractivity (Wildman–Crippen MR) is 102 cm³/mol. The van der Waals surface area contributed by atoms with Gasteiger partial charge in [0.25, 0.3) is 0 Å². The van der Waals surface area contributed by atoms with Gasteiger partial charge in [0.15, 0.2) is 0 Å². The molecule has 7 heteroatoms. The molecular formula is C19H19BrN4O2. The lowest BCUT2D eigenvalue weighted by Gasteiger charge is -2.32. The highest BCUT2D eigenvalue weighted by molar-refractivity contribution is 9.10. The van der Waals surface area contributed by atoms with E-state index < -0.39 is 0 Å². The van der Waals surface area contributed by atoms with Crippen LogP contribution in [0.2, 0.25) is 0 Å². The molecule has 0 bridgehead atoms. The molecule has 1 saturated heterocycles. The fourth-order valence-electron chi connectivity index (χ4n) is 3.30. The summed E-state index contributed by atoms with van der Waals surface area (Å²) in [7, 11) is 0. The van der Waals surface area contributed by atoms with E-state index in [0.717, 1.165) is 34.8 Å². The molecule has 1 fully saturated rings. The summed E-state index contributed by atoms with van der Waals surface area (Å²) in [6.45, 7) is 1.67. The average Bonchev–Trinajstić information content (AvgIpc) is 3.07. The van der Waals surface area contributed by atoms with Crippen LogP contribution in [0.3, 0.4) is 0 Å². The Morgan fingerprint density at radius 1 is 1.23 bits per heavy atom. The zero-order valence-corrected chi connectivity index (χ0v) is 15.8. The summed E-state index contributed by atoms with van der Waals surface area (Å²) in [6, 6.07) is 10.5. The monoisotopic (exact) mass is 414 g/mol. The fraction of sp³-hybridized carbons (Fsp3) is 0.316. The summed E-state index contributed by atoms with van der Waals surface area (Å²) in [5, 5.41) is 1.15. The van der Waals surface area contributed by atoms with Gasteiger partial charge in [-0.1, -0.05) is 18.2 Å². The van der Waals surface area contributed by atoms with Crippen molar-refractivity contribution in [3.8, 4) is 6.01 Å². The van der Waals surface area contributed by atoms with Crippen molar-refractivity contribution >= 4 is 32.7 Å². The Hall–Kier alpha value is -2.41. The third-order valence-electron chi connectivity index (χ3n) is 4.59. The summed E-state index contributed by atoms with van der Waals surface area (Å²) in [5.41, 5.74) is 1.08. The maximum Gasteiger partial charge on any atom is 0.316 e. The van der Waals surface area contributed by atoms with Gasteiger partial charge in [-0.05, 0) is 46.3 Å². The highest BCUT2D eigenvalue weighted by Crippen LogP contribution is 2.19. The number of carbonyl (C=O) groups is 1. The van der Waals surface area contributed by atoms with Crippen molar-refractivity contribution in [2.45, 2.75) is 25.5 Å². The van der Waals surface area contributed by atoms with Crippen LogP contribution in [0, 0.1) is 0 Å². The Labute approximate surface area is 159 Å². The first-order valence-corrected chi connectivity index (χ1v) is 9.44. The minimum absolute atomic E-state index is 0.0738. The number of aromatic nitrogens is 3. The number of amides is 1. The van der Waals surface area contributed by atoms with Gasteiger partial charge in [0.2, 0.25) is 5.91 Å². The number of carbonyl (C=O) groups excluding carboxylic acids is 1. The lowest BCUT2D eigenvalue weighted by molar-refractivity contribution is -0.134. The van der Waals surface area contributed by atoms with Crippen molar-refractivity contribution in [1.29, 1.82) is 0 Å². The number of hydrogen-bond donors (Lipinski definition) is 0. The summed E-state index contributed by atoms with van der Waals surface area (Å²) >= 11 is 3.31. The molecule has 1 aromatic carbocycles. The van der Waals surface area contributed by atoms with Crippen LogP contribution in [0.4, 0.5) is 0 Å². The molecule has 0 saturated carbocycles. The van der Waals surface area contributed by atoms with Gasteiger partial charge in [0, 0.05) is 30.7 Å². The van der Waals surface area contributed by atoms with Crippen LogP contribution in [0.25, 0.3) is 10.9 Å². The van der Waals surface area contributed by atoms with Crippen molar-refractivity contribution < 1.29 is 9.53 Å². The minimum atomic E-state index is -0.0738. The molecule has 1 aliphatic rings. The molecule has 1 atom stereocenters. The standard InChI is InChI=1S/C19H19BrN4O2/c20-15-10-21-19(22-11-15)26-16-5-3-8-24(12-16)18(25)13-23-9-7-14-4-1-2-6-17(14)23/h1-2,4,6-7,9-11,16H,3,5,8,12-13H2/t16-/m0/s1. The largest absolute Gasteiger partial charge is 0.458 e. The van der Waals surface area contributed by atoms with E-state index >= 15 is 0 Å². The molecule has 6 nitrogen and oxygen atoms in total. The zero-order valence-electron chi connectivity index (χ0n) is 14.2. The Morgan fingerprint density at radius 2 is 2.04 bits per heavy atom. The molecule has 0 N–H and O–H groups in total. The van der Waals surface area contributed by atoms with E-state index in [1.165, 1.54) is 0 Å². The number of nitrogens with zero attached hydrogens (tertiary/aromatic N) is 4. The molecule has 134 valence electrons. The number of fused-ring (bicyclic) bond motifs is 1. The number of piperidine rings is 1. The highest BCUT2D eigenvalue weighted by atomic mass is 79.9. The molecule has 3 aromatic rings. The van der Waals surface area contributed by atoms with Gasteiger partial charge >= 0.3 is 6.01 Å². The lowest BCUT2D eigenvalue weighted by Crippen LogP contribution is -2.45. The van der Waals surface area contributed by atoms with Crippen molar-refractivity contribution in [1.82, 2.24) is 19.4 Å². The van der Waals surface area contributed by atoms with Crippen LogP contribution in [0.1, 0.15) is 12.8 Å². The lowest BCUT2D eigenvalue weighted by atomic mass is 10.1. The molecule has 2 aromatic heterocycles. The molecule has 1 aliphatic heterocycles. The van der Waals surface area contributed by atoms with Crippen LogP contribution in [0.5, 0.6) is 6.01 Å². The first-order chi connectivity index (χ1) is 12.7. The molecule has 4 rings (SSSR count). The van der Waals surface area contributed by atoms with E-state index in [1.54, 1.807) is 12.4 Å². The Balaban J connectivity index is 1.40. The quantitative estimate of drug-likeness (QED) is 0.657. The predicted octanol–water partition coefficient (Wildman–Crippen LogP) is 3.26. The summed E-state index contributed by atoms with van der Waals surface area (Å²) in [6.07, 6.45) is 7.03. The first-order valence-electron chi connectivity index (χ1n) is 8.65. The van der Waals surface area contributed by atoms with Crippen molar-refractivity contribution in [3.63, 3.8) is 0 Å². The van der Waals surface area contributed by atoms with Gasteiger partial charge in [0.1, 0.15) is 12.6 Å². The SMILES string of the molecule is O=C(Cn1ccc2ccccc21)N1CCC[C@H](Oc2ncc(Br)cn2)C1. The maximum atomic E-state index is 12.8. The van der Waals surface area contributed by atoms with Crippen LogP contribution in [-0.2, 0) is 11.3 Å². The Morgan fingerprint density at radius 3 is 2.88 bits per heavy atom. The number of likely N-dealkylation sites (tertiary alicyclic amines) is 1. The number of hydrogen-bond acceptors (Lipinski definition) is 4. The van der Waals surface area contributed by atoms with Crippen molar-refractivity contribution in [2.24, 2.45) is 0 Å².